The summed E-state index contributed by atoms with van der Waals surface area (Å²) in [7, 11) is 0. The number of pyridine rings is 1. The Bertz CT molecular complexity index is 793. The van der Waals surface area contributed by atoms with Crippen LogP contribution < -0.4 is 10.1 Å². The second-order valence-corrected chi connectivity index (χ2v) is 7.30. The molecule has 0 aromatic carbocycles. The van der Waals surface area contributed by atoms with Crippen LogP contribution in [0.15, 0.2) is 31.0 Å². The third kappa shape index (κ3) is 4.50. The summed E-state index contributed by atoms with van der Waals surface area (Å²) in [5.74, 6) is 1.04. The number of carbonyl (C=O) groups is 1. The van der Waals surface area contributed by atoms with Gasteiger partial charge < -0.3 is 15.2 Å². The Morgan fingerprint density at radius 1 is 1.48 bits per heavy atom. The lowest BCUT2D eigenvalue weighted by Crippen LogP contribution is -2.38. The Balaban J connectivity index is 1.80. The molecule has 1 aliphatic rings. The van der Waals surface area contributed by atoms with E-state index in [-0.39, 0.29) is 18.6 Å². The largest absolute Gasteiger partial charge is 0.489 e. The van der Waals surface area contributed by atoms with Crippen molar-refractivity contribution in [2.24, 2.45) is 5.92 Å². The summed E-state index contributed by atoms with van der Waals surface area (Å²) < 4.78 is 7.85. The van der Waals surface area contributed by atoms with Crippen LogP contribution >= 0.6 is 0 Å². The van der Waals surface area contributed by atoms with Crippen LogP contribution in [-0.4, -0.2) is 39.7 Å². The number of hydrogen-bond donors (Lipinski definition) is 2. The number of aliphatic hydroxyl groups is 1. The predicted octanol–water partition coefficient (Wildman–Crippen LogP) is 3.27. The molecule has 1 aliphatic carbocycles. The lowest BCUT2D eigenvalue weighted by molar-refractivity contribution is 0.0910. The lowest BCUT2D eigenvalue weighted by atomic mass is 9.90. The number of fused-ring (bicyclic) bond motifs is 1. The molecule has 0 aliphatic heterocycles. The highest BCUT2D eigenvalue weighted by Crippen LogP contribution is 2.27. The van der Waals surface area contributed by atoms with Crippen molar-refractivity contribution in [3.8, 4) is 5.75 Å². The molecule has 1 fully saturated rings. The van der Waals surface area contributed by atoms with Gasteiger partial charge in [0.1, 0.15) is 5.69 Å². The molecule has 0 bridgehead atoms. The van der Waals surface area contributed by atoms with Gasteiger partial charge in [-0.1, -0.05) is 25.3 Å². The quantitative estimate of drug-likeness (QED) is 0.699. The molecule has 0 saturated heterocycles. The summed E-state index contributed by atoms with van der Waals surface area (Å²) in [6.45, 7) is 6.03. The summed E-state index contributed by atoms with van der Waals surface area (Å²) in [4.78, 5) is 17.3. The van der Waals surface area contributed by atoms with Gasteiger partial charge in [-0.25, -0.2) is 4.98 Å². The van der Waals surface area contributed by atoms with Crippen molar-refractivity contribution in [3.63, 3.8) is 0 Å². The SMILES string of the molecule is C=CCC(CO)NC(=O)c1c(C)nc2c(OCC3CCCCC3)cccn12. The number of nitrogens with one attached hydrogen (secondary N) is 1. The molecule has 0 spiro atoms. The first-order valence-corrected chi connectivity index (χ1v) is 9.77. The van der Waals surface area contributed by atoms with Crippen LogP contribution in [-0.2, 0) is 0 Å². The molecule has 27 heavy (non-hydrogen) atoms. The van der Waals surface area contributed by atoms with E-state index in [0.717, 1.165) is 0 Å². The van der Waals surface area contributed by atoms with E-state index in [1.807, 2.05) is 25.3 Å². The fourth-order valence-electron chi connectivity index (χ4n) is 3.74. The van der Waals surface area contributed by atoms with E-state index in [1.54, 1.807) is 10.5 Å². The Morgan fingerprint density at radius 3 is 2.96 bits per heavy atom. The van der Waals surface area contributed by atoms with Gasteiger partial charge in [-0.2, -0.15) is 0 Å². The standard InChI is InChI=1S/C21H29N3O3/c1-3-8-17(13-25)23-21(26)19-15(2)22-20-18(11-7-12-24(19)20)27-14-16-9-5-4-6-10-16/h3,7,11-12,16-17,25H,1,4-6,8-10,13-14H2,2H3,(H,23,26). The third-order valence-corrected chi connectivity index (χ3v) is 5.21. The lowest BCUT2D eigenvalue weighted by Gasteiger charge is -2.21. The summed E-state index contributed by atoms with van der Waals surface area (Å²) in [5, 5.41) is 12.3. The Morgan fingerprint density at radius 2 is 2.26 bits per heavy atom. The maximum absolute atomic E-state index is 12.7. The third-order valence-electron chi connectivity index (χ3n) is 5.21. The van der Waals surface area contributed by atoms with Crippen LogP contribution in [0.1, 0.15) is 54.7 Å². The second kappa shape index (κ2) is 9.04. The van der Waals surface area contributed by atoms with Crippen molar-refractivity contribution < 1.29 is 14.6 Å². The molecule has 1 unspecified atom stereocenters. The second-order valence-electron chi connectivity index (χ2n) is 7.30. The molecule has 6 heteroatoms. The van der Waals surface area contributed by atoms with E-state index in [1.165, 1.54) is 32.1 Å². The number of imidazole rings is 1. The average molecular weight is 371 g/mol. The molecule has 2 N–H and O–H groups in total. The van der Waals surface area contributed by atoms with Crippen molar-refractivity contribution in [3.05, 3.63) is 42.4 Å². The van der Waals surface area contributed by atoms with Crippen molar-refractivity contribution in [1.29, 1.82) is 0 Å². The number of amides is 1. The van der Waals surface area contributed by atoms with Gasteiger partial charge in [-0.15, -0.1) is 6.58 Å². The number of nitrogens with zero attached hydrogens (tertiary/aromatic N) is 2. The summed E-state index contributed by atoms with van der Waals surface area (Å²) in [6, 6.07) is 3.42. The summed E-state index contributed by atoms with van der Waals surface area (Å²) in [5.41, 5.74) is 1.76. The minimum Gasteiger partial charge on any atom is -0.489 e. The van der Waals surface area contributed by atoms with Crippen LogP contribution in [0.25, 0.3) is 5.65 Å². The zero-order valence-electron chi connectivity index (χ0n) is 16.0. The molecule has 1 saturated carbocycles. The normalized spacial score (nSPS) is 16.2. The zero-order chi connectivity index (χ0) is 19.2. The van der Waals surface area contributed by atoms with Crippen LogP contribution in [0.2, 0.25) is 0 Å². The van der Waals surface area contributed by atoms with Crippen molar-refractivity contribution >= 4 is 11.6 Å². The minimum absolute atomic E-state index is 0.136. The monoisotopic (exact) mass is 371 g/mol. The van der Waals surface area contributed by atoms with Crippen molar-refractivity contribution in [2.75, 3.05) is 13.2 Å². The number of aromatic nitrogens is 2. The maximum atomic E-state index is 12.7. The molecule has 3 rings (SSSR count). The number of rotatable bonds is 8. The highest BCUT2D eigenvalue weighted by molar-refractivity contribution is 5.95. The Hall–Kier alpha value is -2.34. The van der Waals surface area contributed by atoms with E-state index in [0.29, 0.717) is 41.7 Å². The van der Waals surface area contributed by atoms with Gasteiger partial charge in [0.15, 0.2) is 11.4 Å². The summed E-state index contributed by atoms with van der Waals surface area (Å²) in [6.07, 6.45) is 10.3. The molecule has 0 radical (unpaired) electrons. The van der Waals surface area contributed by atoms with Crippen LogP contribution in [0.5, 0.6) is 5.75 Å². The number of aryl methyl sites for hydroxylation is 1. The van der Waals surface area contributed by atoms with Crippen LogP contribution in [0, 0.1) is 12.8 Å². The van der Waals surface area contributed by atoms with E-state index >= 15 is 0 Å². The van der Waals surface area contributed by atoms with Gasteiger partial charge in [-0.3, -0.25) is 9.20 Å². The van der Waals surface area contributed by atoms with E-state index in [4.69, 9.17) is 4.74 Å². The van der Waals surface area contributed by atoms with E-state index < -0.39 is 0 Å². The molecular weight excluding hydrogens is 342 g/mol. The zero-order valence-corrected chi connectivity index (χ0v) is 16.0. The summed E-state index contributed by atoms with van der Waals surface area (Å²) >= 11 is 0. The minimum atomic E-state index is -0.356. The van der Waals surface area contributed by atoms with Crippen LogP contribution in [0.4, 0.5) is 0 Å². The van der Waals surface area contributed by atoms with Gasteiger partial charge in [-0.05, 0) is 44.2 Å². The van der Waals surface area contributed by atoms with Crippen LogP contribution in [0.3, 0.4) is 0 Å². The van der Waals surface area contributed by atoms with Crippen molar-refractivity contribution in [2.45, 2.75) is 51.5 Å². The number of hydrogen-bond acceptors (Lipinski definition) is 4. The smallest absolute Gasteiger partial charge is 0.270 e. The average Bonchev–Trinajstić information content (AvgIpc) is 3.03. The Labute approximate surface area is 160 Å². The number of aliphatic hydroxyl groups excluding tert-OH is 1. The molecular formula is C21H29N3O3. The fourth-order valence-corrected chi connectivity index (χ4v) is 3.74. The highest BCUT2D eigenvalue weighted by atomic mass is 16.5. The molecule has 1 atom stereocenters. The van der Waals surface area contributed by atoms with E-state index in [9.17, 15) is 9.90 Å². The molecule has 2 aromatic heterocycles. The van der Waals surface area contributed by atoms with Gasteiger partial charge >= 0.3 is 0 Å². The molecule has 1 amide bonds. The van der Waals surface area contributed by atoms with Crippen molar-refractivity contribution in [1.82, 2.24) is 14.7 Å². The predicted molar refractivity (Wildman–Crippen MR) is 105 cm³/mol. The Kier molecular flexibility index (Phi) is 6.50. The van der Waals surface area contributed by atoms with Gasteiger partial charge in [0.2, 0.25) is 0 Å². The molecule has 2 heterocycles. The number of ether oxygens (including phenoxy) is 1. The first kappa shape index (κ1) is 19.4. The molecule has 6 nitrogen and oxygen atoms in total. The first-order valence-electron chi connectivity index (χ1n) is 9.77. The van der Waals surface area contributed by atoms with Gasteiger partial charge in [0.25, 0.3) is 5.91 Å². The van der Waals surface area contributed by atoms with Gasteiger partial charge in [0, 0.05) is 6.20 Å². The maximum Gasteiger partial charge on any atom is 0.270 e. The fraction of sp³-hybridized carbons (Fsp3) is 0.524. The first-order chi connectivity index (χ1) is 13.1. The van der Waals surface area contributed by atoms with E-state index in [2.05, 4.69) is 16.9 Å². The van der Waals surface area contributed by atoms with Gasteiger partial charge in [0.05, 0.1) is 24.9 Å². The molecule has 146 valence electrons. The highest BCUT2D eigenvalue weighted by Gasteiger charge is 2.21. The molecule has 2 aromatic rings. The topological polar surface area (TPSA) is 75.9 Å². The number of carbonyl (C=O) groups excluding carboxylic acids is 1.